The molecule has 3 rings (SSSR count). The first-order valence-corrected chi connectivity index (χ1v) is 10.5. The smallest absolute Gasteiger partial charge is 0.190 e. The number of halogens is 1. The van der Waals surface area contributed by atoms with Crippen molar-refractivity contribution >= 4 is 29.9 Å². The summed E-state index contributed by atoms with van der Waals surface area (Å²) in [5.41, 5.74) is 2.39. The lowest BCUT2D eigenvalue weighted by Gasteiger charge is -2.31. The van der Waals surface area contributed by atoms with E-state index in [2.05, 4.69) is 56.8 Å². The Hall–Kier alpha value is -1.61. The largest absolute Gasteiger partial charge is 0.356 e. The Morgan fingerprint density at radius 3 is 2.48 bits per heavy atom. The summed E-state index contributed by atoms with van der Waals surface area (Å²) in [5, 5.41) is 11.2. The van der Waals surface area contributed by atoms with Crippen LogP contribution < -0.4 is 10.6 Å². The Morgan fingerprint density at radius 2 is 1.86 bits per heavy atom. The highest BCUT2D eigenvalue weighted by molar-refractivity contribution is 14.0. The minimum atomic E-state index is 0. The van der Waals surface area contributed by atoms with Gasteiger partial charge in [0.1, 0.15) is 0 Å². The van der Waals surface area contributed by atoms with Crippen LogP contribution in [0.5, 0.6) is 0 Å². The van der Waals surface area contributed by atoms with Gasteiger partial charge in [-0.1, -0.05) is 19.1 Å². The number of hydrogen-bond acceptors (Lipinski definition) is 3. The van der Waals surface area contributed by atoms with E-state index >= 15 is 0 Å². The van der Waals surface area contributed by atoms with E-state index in [4.69, 9.17) is 0 Å². The minimum absolute atomic E-state index is 0. The van der Waals surface area contributed by atoms with Crippen molar-refractivity contribution < 1.29 is 0 Å². The van der Waals surface area contributed by atoms with Crippen molar-refractivity contribution in [2.75, 3.05) is 39.8 Å². The molecule has 0 bridgehead atoms. The third kappa shape index (κ3) is 7.62. The Bertz CT molecular complexity index is 705. The number of benzene rings is 1. The standard InChI is InChI=1S/C22H34N6.HI/c1-3-27-17-11-20(12-18-27)10-15-25-22(23-2)24-14-9-19-5-7-21(8-6-19)28-16-4-13-26-28;/h4-8,13,16,20H,3,9-12,14-15,17-18H2,1-2H3,(H2,23,24,25);1H. The molecule has 1 aliphatic rings. The van der Waals surface area contributed by atoms with Gasteiger partial charge in [-0.3, -0.25) is 4.99 Å². The lowest BCUT2D eigenvalue weighted by molar-refractivity contribution is 0.187. The van der Waals surface area contributed by atoms with Crippen molar-refractivity contribution in [1.29, 1.82) is 0 Å². The third-order valence-corrected chi connectivity index (χ3v) is 5.63. The van der Waals surface area contributed by atoms with Gasteiger partial charge in [-0.15, -0.1) is 24.0 Å². The van der Waals surface area contributed by atoms with Crippen LogP contribution in [0.3, 0.4) is 0 Å². The van der Waals surface area contributed by atoms with Crippen molar-refractivity contribution in [3.63, 3.8) is 0 Å². The number of likely N-dealkylation sites (tertiary alicyclic amines) is 1. The first-order chi connectivity index (χ1) is 13.8. The summed E-state index contributed by atoms with van der Waals surface area (Å²) in [5.74, 6) is 1.75. The van der Waals surface area contributed by atoms with Crippen LogP contribution in [-0.2, 0) is 6.42 Å². The fourth-order valence-electron chi connectivity index (χ4n) is 3.77. The van der Waals surface area contributed by atoms with Gasteiger partial charge < -0.3 is 15.5 Å². The molecule has 1 aliphatic heterocycles. The third-order valence-electron chi connectivity index (χ3n) is 5.63. The van der Waals surface area contributed by atoms with E-state index in [0.717, 1.165) is 37.1 Å². The van der Waals surface area contributed by atoms with E-state index in [9.17, 15) is 0 Å². The summed E-state index contributed by atoms with van der Waals surface area (Å²) < 4.78 is 1.87. The summed E-state index contributed by atoms with van der Waals surface area (Å²) in [6, 6.07) is 10.5. The second-order valence-corrected chi connectivity index (χ2v) is 7.46. The SMILES string of the molecule is CCN1CCC(CCNC(=NC)NCCc2ccc(-n3cccn3)cc2)CC1.I. The number of aromatic nitrogens is 2. The number of guanidine groups is 1. The van der Waals surface area contributed by atoms with Crippen LogP contribution in [0.4, 0.5) is 0 Å². The van der Waals surface area contributed by atoms with Crippen LogP contribution in [0.25, 0.3) is 5.69 Å². The maximum atomic E-state index is 4.35. The first-order valence-electron chi connectivity index (χ1n) is 10.5. The first kappa shape index (κ1) is 23.7. The Morgan fingerprint density at radius 1 is 1.14 bits per heavy atom. The molecule has 0 amide bonds. The molecule has 0 atom stereocenters. The number of piperidine rings is 1. The molecular weight excluding hydrogens is 475 g/mol. The summed E-state index contributed by atoms with van der Waals surface area (Å²) in [7, 11) is 1.84. The molecule has 0 aliphatic carbocycles. The molecule has 0 spiro atoms. The van der Waals surface area contributed by atoms with Crippen molar-refractivity contribution in [2.24, 2.45) is 10.9 Å². The topological polar surface area (TPSA) is 57.5 Å². The Labute approximate surface area is 192 Å². The molecular formula is C22H35IN6. The molecule has 0 radical (unpaired) electrons. The lowest BCUT2D eigenvalue weighted by Crippen LogP contribution is -2.40. The van der Waals surface area contributed by atoms with Crippen LogP contribution in [0.2, 0.25) is 0 Å². The fourth-order valence-corrected chi connectivity index (χ4v) is 3.77. The molecule has 29 heavy (non-hydrogen) atoms. The van der Waals surface area contributed by atoms with E-state index in [1.165, 1.54) is 44.5 Å². The van der Waals surface area contributed by atoms with Crippen molar-refractivity contribution in [2.45, 2.75) is 32.6 Å². The van der Waals surface area contributed by atoms with E-state index < -0.39 is 0 Å². The number of nitrogens with one attached hydrogen (secondary N) is 2. The molecule has 1 aromatic heterocycles. The molecule has 6 nitrogen and oxygen atoms in total. The van der Waals surface area contributed by atoms with Crippen LogP contribution in [0.1, 0.15) is 31.7 Å². The number of nitrogens with zero attached hydrogens (tertiary/aromatic N) is 4. The van der Waals surface area contributed by atoms with Gasteiger partial charge in [0.25, 0.3) is 0 Å². The molecule has 0 saturated carbocycles. The number of aliphatic imine (C=N–C) groups is 1. The van der Waals surface area contributed by atoms with E-state index in [1.807, 2.05) is 24.0 Å². The summed E-state index contributed by atoms with van der Waals surface area (Å²) in [6.07, 6.45) is 8.61. The predicted octanol–water partition coefficient (Wildman–Crippen LogP) is 3.32. The van der Waals surface area contributed by atoms with Crippen molar-refractivity contribution in [3.8, 4) is 5.69 Å². The van der Waals surface area contributed by atoms with Gasteiger partial charge in [0.15, 0.2) is 5.96 Å². The number of rotatable bonds is 8. The average Bonchev–Trinajstić information content (AvgIpc) is 3.28. The predicted molar refractivity (Wildman–Crippen MR) is 132 cm³/mol. The average molecular weight is 510 g/mol. The summed E-state index contributed by atoms with van der Waals surface area (Å²) >= 11 is 0. The highest BCUT2D eigenvalue weighted by Crippen LogP contribution is 2.19. The molecule has 7 heteroatoms. The monoisotopic (exact) mass is 510 g/mol. The quantitative estimate of drug-likeness (QED) is 0.325. The van der Waals surface area contributed by atoms with Gasteiger partial charge in [-0.2, -0.15) is 5.10 Å². The van der Waals surface area contributed by atoms with Crippen molar-refractivity contribution in [1.82, 2.24) is 25.3 Å². The van der Waals surface area contributed by atoms with E-state index in [0.29, 0.717) is 0 Å². The van der Waals surface area contributed by atoms with Gasteiger partial charge in [0.05, 0.1) is 5.69 Å². The van der Waals surface area contributed by atoms with Crippen LogP contribution >= 0.6 is 24.0 Å². The zero-order valence-electron chi connectivity index (χ0n) is 17.7. The molecule has 1 saturated heterocycles. The maximum absolute atomic E-state index is 4.35. The fraction of sp³-hybridized carbons (Fsp3) is 0.545. The molecule has 160 valence electrons. The number of hydrogen-bond donors (Lipinski definition) is 2. The second-order valence-electron chi connectivity index (χ2n) is 7.46. The zero-order chi connectivity index (χ0) is 19.6. The van der Waals surface area contributed by atoms with Crippen LogP contribution in [-0.4, -0.2) is 60.4 Å². The Balaban J connectivity index is 0.00000300. The molecule has 1 fully saturated rings. The minimum Gasteiger partial charge on any atom is -0.356 e. The van der Waals surface area contributed by atoms with Gasteiger partial charge in [-0.25, -0.2) is 4.68 Å². The lowest BCUT2D eigenvalue weighted by atomic mass is 9.93. The molecule has 2 N–H and O–H groups in total. The van der Waals surface area contributed by atoms with Gasteiger partial charge in [-0.05, 0) is 75.0 Å². The zero-order valence-corrected chi connectivity index (χ0v) is 20.0. The van der Waals surface area contributed by atoms with Crippen molar-refractivity contribution in [3.05, 3.63) is 48.3 Å². The van der Waals surface area contributed by atoms with Gasteiger partial charge >= 0.3 is 0 Å². The molecule has 2 heterocycles. The molecule has 0 unspecified atom stereocenters. The highest BCUT2D eigenvalue weighted by atomic mass is 127. The van der Waals surface area contributed by atoms with Crippen LogP contribution in [0.15, 0.2) is 47.7 Å². The maximum Gasteiger partial charge on any atom is 0.190 e. The summed E-state index contributed by atoms with van der Waals surface area (Å²) in [6.45, 7) is 7.82. The highest BCUT2D eigenvalue weighted by Gasteiger charge is 2.17. The Kier molecular flexibility index (Phi) is 10.5. The molecule has 1 aromatic carbocycles. The molecule has 2 aromatic rings. The van der Waals surface area contributed by atoms with E-state index in [-0.39, 0.29) is 24.0 Å². The van der Waals surface area contributed by atoms with Gasteiger partial charge in [0.2, 0.25) is 0 Å². The van der Waals surface area contributed by atoms with Crippen LogP contribution in [0, 0.1) is 5.92 Å². The van der Waals surface area contributed by atoms with E-state index in [1.54, 1.807) is 6.20 Å². The second kappa shape index (κ2) is 12.8. The summed E-state index contributed by atoms with van der Waals surface area (Å²) in [4.78, 5) is 6.90. The normalized spacial score (nSPS) is 15.7. The van der Waals surface area contributed by atoms with Gasteiger partial charge in [0, 0.05) is 32.5 Å².